The molecule has 1 aromatic carbocycles. The van der Waals surface area contributed by atoms with Crippen LogP contribution in [0.5, 0.6) is 0 Å². The SMILES string of the molecule is CCC(=O)N[C@H]1CCC2(CCN(CCC(C)(C)C)CC2)c2cc(F)ccc21. The highest BCUT2D eigenvalue weighted by Gasteiger charge is 2.42. The number of likely N-dealkylation sites (tertiary alicyclic amines) is 1. The second kappa shape index (κ2) is 7.90. The van der Waals surface area contributed by atoms with E-state index in [2.05, 4.69) is 31.0 Å². The molecule has 1 aliphatic carbocycles. The van der Waals surface area contributed by atoms with Gasteiger partial charge in [-0.25, -0.2) is 4.39 Å². The molecule has 2 aliphatic rings. The molecule has 1 spiro atoms. The Kier molecular flexibility index (Phi) is 5.95. The third-order valence-corrected chi connectivity index (χ3v) is 6.52. The van der Waals surface area contributed by atoms with Crippen molar-refractivity contribution in [3.05, 3.63) is 35.1 Å². The average molecular weight is 375 g/mol. The number of piperidine rings is 1. The molecular formula is C23H35FN2O. The summed E-state index contributed by atoms with van der Waals surface area (Å²) in [5.74, 6) is -0.0889. The van der Waals surface area contributed by atoms with Crippen molar-refractivity contribution < 1.29 is 9.18 Å². The van der Waals surface area contributed by atoms with Gasteiger partial charge in [-0.1, -0.05) is 33.8 Å². The van der Waals surface area contributed by atoms with Gasteiger partial charge in [-0.3, -0.25) is 4.79 Å². The van der Waals surface area contributed by atoms with Crippen molar-refractivity contribution in [3.63, 3.8) is 0 Å². The molecule has 1 aromatic rings. The van der Waals surface area contributed by atoms with Crippen LogP contribution in [0, 0.1) is 11.2 Å². The van der Waals surface area contributed by atoms with Crippen LogP contribution in [0.4, 0.5) is 4.39 Å². The maximum Gasteiger partial charge on any atom is 0.220 e. The number of rotatable bonds is 4. The predicted molar refractivity (Wildman–Crippen MR) is 108 cm³/mol. The summed E-state index contributed by atoms with van der Waals surface area (Å²) < 4.78 is 14.1. The highest BCUT2D eigenvalue weighted by molar-refractivity contribution is 5.76. The van der Waals surface area contributed by atoms with Gasteiger partial charge in [-0.15, -0.1) is 0 Å². The minimum atomic E-state index is -0.161. The van der Waals surface area contributed by atoms with E-state index in [1.165, 1.54) is 6.42 Å². The fourth-order valence-electron chi connectivity index (χ4n) is 4.67. The number of halogens is 1. The first-order chi connectivity index (χ1) is 12.7. The van der Waals surface area contributed by atoms with Gasteiger partial charge in [0.25, 0.3) is 0 Å². The lowest BCUT2D eigenvalue weighted by molar-refractivity contribution is -0.121. The Balaban J connectivity index is 1.76. The summed E-state index contributed by atoms with van der Waals surface area (Å²) in [6.07, 6.45) is 5.85. The number of fused-ring (bicyclic) bond motifs is 2. The molecule has 3 rings (SSSR count). The van der Waals surface area contributed by atoms with Crippen LogP contribution in [0.1, 0.15) is 83.4 Å². The van der Waals surface area contributed by atoms with Gasteiger partial charge in [0.2, 0.25) is 5.91 Å². The molecule has 1 heterocycles. The van der Waals surface area contributed by atoms with Gasteiger partial charge in [0.1, 0.15) is 5.82 Å². The molecule has 1 amide bonds. The van der Waals surface area contributed by atoms with Crippen LogP contribution in [0.25, 0.3) is 0 Å². The zero-order valence-electron chi connectivity index (χ0n) is 17.4. The largest absolute Gasteiger partial charge is 0.349 e. The summed E-state index contributed by atoms with van der Waals surface area (Å²) >= 11 is 0. The summed E-state index contributed by atoms with van der Waals surface area (Å²) in [6.45, 7) is 12.1. The molecule has 3 nitrogen and oxygen atoms in total. The van der Waals surface area contributed by atoms with E-state index in [-0.39, 0.29) is 23.2 Å². The molecule has 0 radical (unpaired) electrons. The van der Waals surface area contributed by atoms with Gasteiger partial charge in [0.05, 0.1) is 6.04 Å². The molecule has 4 heteroatoms. The monoisotopic (exact) mass is 374 g/mol. The van der Waals surface area contributed by atoms with E-state index in [4.69, 9.17) is 0 Å². The number of hydrogen-bond acceptors (Lipinski definition) is 2. The number of nitrogens with one attached hydrogen (secondary N) is 1. The van der Waals surface area contributed by atoms with Crippen LogP contribution in [-0.2, 0) is 10.2 Å². The Hall–Kier alpha value is -1.42. The number of benzene rings is 1. The smallest absolute Gasteiger partial charge is 0.220 e. The topological polar surface area (TPSA) is 32.3 Å². The molecule has 1 atom stereocenters. The van der Waals surface area contributed by atoms with Crippen LogP contribution in [0.2, 0.25) is 0 Å². The maximum atomic E-state index is 14.1. The zero-order valence-corrected chi connectivity index (χ0v) is 17.4. The molecule has 0 unspecified atom stereocenters. The van der Waals surface area contributed by atoms with Crippen LogP contribution in [0.3, 0.4) is 0 Å². The molecule has 1 N–H and O–H groups in total. The summed E-state index contributed by atoms with van der Waals surface area (Å²) in [7, 11) is 0. The fourth-order valence-corrected chi connectivity index (χ4v) is 4.67. The van der Waals surface area contributed by atoms with E-state index >= 15 is 0 Å². The highest BCUT2D eigenvalue weighted by Crippen LogP contribution is 2.48. The van der Waals surface area contributed by atoms with Gasteiger partial charge >= 0.3 is 0 Å². The maximum absolute atomic E-state index is 14.1. The highest BCUT2D eigenvalue weighted by atomic mass is 19.1. The van der Waals surface area contributed by atoms with Crippen LogP contribution < -0.4 is 5.32 Å². The quantitative estimate of drug-likeness (QED) is 0.808. The van der Waals surface area contributed by atoms with Crippen molar-refractivity contribution in [2.24, 2.45) is 5.41 Å². The van der Waals surface area contributed by atoms with E-state index in [0.29, 0.717) is 11.8 Å². The molecule has 1 fully saturated rings. The summed E-state index contributed by atoms with van der Waals surface area (Å²) in [4.78, 5) is 14.5. The van der Waals surface area contributed by atoms with E-state index in [1.807, 2.05) is 13.0 Å². The number of hydrogen-bond donors (Lipinski definition) is 1. The van der Waals surface area contributed by atoms with E-state index in [0.717, 1.165) is 56.4 Å². The molecule has 0 bridgehead atoms. The number of nitrogens with zero attached hydrogens (tertiary/aromatic N) is 1. The molecule has 1 aliphatic heterocycles. The predicted octanol–water partition coefficient (Wildman–Crippen LogP) is 4.96. The minimum Gasteiger partial charge on any atom is -0.349 e. The van der Waals surface area contributed by atoms with Gasteiger partial charge in [-0.05, 0) is 85.8 Å². The standard InChI is InChI=1S/C23H35FN2O/c1-5-21(27)25-20-8-9-23(19-16-17(24)6-7-18(19)20)11-14-26(15-12-23)13-10-22(2,3)4/h6-7,16,20H,5,8-15H2,1-4H3,(H,25,27)/t20-/m0/s1. The fraction of sp³-hybridized carbons (Fsp3) is 0.696. The Bertz CT molecular complexity index is 671. The Morgan fingerprint density at radius 2 is 1.96 bits per heavy atom. The summed E-state index contributed by atoms with van der Waals surface area (Å²) in [5, 5.41) is 3.14. The number of amides is 1. The van der Waals surface area contributed by atoms with Crippen molar-refractivity contribution in [1.82, 2.24) is 10.2 Å². The first kappa shape index (κ1) is 20.3. The molecule has 0 aromatic heterocycles. The second-order valence-corrected chi connectivity index (χ2v) is 9.68. The first-order valence-electron chi connectivity index (χ1n) is 10.5. The van der Waals surface area contributed by atoms with E-state index in [9.17, 15) is 9.18 Å². The summed E-state index contributed by atoms with van der Waals surface area (Å²) in [5.41, 5.74) is 2.71. The Morgan fingerprint density at radius 3 is 2.59 bits per heavy atom. The normalized spacial score (nSPS) is 22.5. The first-order valence-corrected chi connectivity index (χ1v) is 10.5. The third-order valence-electron chi connectivity index (χ3n) is 6.52. The van der Waals surface area contributed by atoms with Crippen molar-refractivity contribution in [1.29, 1.82) is 0 Å². The number of carbonyl (C=O) groups excluding carboxylic acids is 1. The minimum absolute atomic E-state index is 0.0256. The van der Waals surface area contributed by atoms with Crippen molar-refractivity contribution >= 4 is 5.91 Å². The Labute approximate surface area is 163 Å². The second-order valence-electron chi connectivity index (χ2n) is 9.68. The van der Waals surface area contributed by atoms with E-state index < -0.39 is 0 Å². The van der Waals surface area contributed by atoms with Crippen LogP contribution in [-0.4, -0.2) is 30.4 Å². The van der Waals surface area contributed by atoms with Gasteiger partial charge in [-0.2, -0.15) is 0 Å². The van der Waals surface area contributed by atoms with Crippen molar-refractivity contribution in [3.8, 4) is 0 Å². The molecular weight excluding hydrogens is 339 g/mol. The van der Waals surface area contributed by atoms with Gasteiger partial charge in [0, 0.05) is 6.42 Å². The average Bonchev–Trinajstić information content (AvgIpc) is 2.63. The van der Waals surface area contributed by atoms with E-state index in [1.54, 1.807) is 12.1 Å². The molecule has 0 saturated carbocycles. The summed E-state index contributed by atoms with van der Waals surface area (Å²) in [6, 6.07) is 5.21. The zero-order chi connectivity index (χ0) is 19.7. The van der Waals surface area contributed by atoms with Crippen LogP contribution in [0.15, 0.2) is 18.2 Å². The number of carbonyl (C=O) groups is 1. The van der Waals surface area contributed by atoms with Crippen molar-refractivity contribution in [2.45, 2.75) is 77.7 Å². The molecule has 150 valence electrons. The van der Waals surface area contributed by atoms with Gasteiger partial charge in [0.15, 0.2) is 0 Å². The van der Waals surface area contributed by atoms with Crippen molar-refractivity contribution in [2.75, 3.05) is 19.6 Å². The van der Waals surface area contributed by atoms with Gasteiger partial charge < -0.3 is 10.2 Å². The molecule has 27 heavy (non-hydrogen) atoms. The lowest BCUT2D eigenvalue weighted by Crippen LogP contribution is -2.46. The third kappa shape index (κ3) is 4.71. The van der Waals surface area contributed by atoms with Crippen LogP contribution >= 0.6 is 0 Å². The lowest BCUT2D eigenvalue weighted by Gasteiger charge is -2.47. The molecule has 1 saturated heterocycles. The Morgan fingerprint density at radius 1 is 1.26 bits per heavy atom. The lowest BCUT2D eigenvalue weighted by atomic mass is 9.63.